The molecular formula is C13H20N2O2. The second-order valence-electron chi connectivity index (χ2n) is 4.01. The summed E-state index contributed by atoms with van der Waals surface area (Å²) in [6.45, 7) is 0.967. The first kappa shape index (κ1) is 13.5. The first-order chi connectivity index (χ1) is 8.24. The van der Waals surface area contributed by atoms with Gasteiger partial charge in [0.25, 0.3) is 0 Å². The molecule has 0 aliphatic rings. The third kappa shape index (κ3) is 5.36. The molecule has 0 heterocycles. The molecule has 0 fully saturated rings. The van der Waals surface area contributed by atoms with Crippen LogP contribution >= 0.6 is 0 Å². The molecule has 1 rings (SSSR count). The van der Waals surface area contributed by atoms with Crippen LogP contribution in [-0.2, 0) is 0 Å². The fraction of sp³-hybridized carbons (Fsp3) is 0.462. The Bertz CT molecular complexity index is 327. The van der Waals surface area contributed by atoms with Gasteiger partial charge in [-0.25, -0.2) is 4.79 Å². The predicted molar refractivity (Wildman–Crippen MR) is 68.1 cm³/mol. The van der Waals surface area contributed by atoms with Crippen molar-refractivity contribution in [1.29, 1.82) is 0 Å². The highest BCUT2D eigenvalue weighted by atomic mass is 16.4. The summed E-state index contributed by atoms with van der Waals surface area (Å²) in [5.74, 6) is 0. The van der Waals surface area contributed by atoms with E-state index in [1.165, 1.54) is 0 Å². The molecule has 0 spiro atoms. The van der Waals surface area contributed by atoms with Crippen LogP contribution in [-0.4, -0.2) is 24.8 Å². The zero-order valence-electron chi connectivity index (χ0n) is 10.1. The van der Waals surface area contributed by atoms with E-state index >= 15 is 0 Å². The van der Waals surface area contributed by atoms with E-state index in [1.54, 1.807) is 0 Å². The summed E-state index contributed by atoms with van der Waals surface area (Å²) in [4.78, 5) is 10.7. The van der Waals surface area contributed by atoms with Crippen LogP contribution in [0.2, 0.25) is 0 Å². The van der Waals surface area contributed by atoms with Gasteiger partial charge in [0.1, 0.15) is 0 Å². The first-order valence-corrected chi connectivity index (χ1v) is 5.93. The van der Waals surface area contributed by atoms with Crippen molar-refractivity contribution in [2.45, 2.75) is 25.3 Å². The number of rotatable bonds is 7. The van der Waals surface area contributed by atoms with E-state index in [9.17, 15) is 4.79 Å². The molecule has 0 aromatic heterocycles. The van der Waals surface area contributed by atoms with Crippen LogP contribution in [0, 0.1) is 0 Å². The molecule has 1 amide bonds. The molecule has 4 nitrogen and oxygen atoms in total. The van der Waals surface area contributed by atoms with Gasteiger partial charge in [-0.2, -0.15) is 0 Å². The Morgan fingerprint density at radius 2 is 2.00 bits per heavy atom. The molecule has 0 saturated carbocycles. The number of hydrogen-bond acceptors (Lipinski definition) is 2. The van der Waals surface area contributed by atoms with Crippen LogP contribution in [0.4, 0.5) is 4.79 Å². The van der Waals surface area contributed by atoms with E-state index in [1.807, 2.05) is 37.4 Å². The van der Waals surface area contributed by atoms with Crippen molar-refractivity contribution < 1.29 is 9.90 Å². The first-order valence-electron chi connectivity index (χ1n) is 5.93. The molecule has 1 atom stereocenters. The highest BCUT2D eigenvalue weighted by Gasteiger charge is 2.12. The Balaban J connectivity index is 2.52. The summed E-state index contributed by atoms with van der Waals surface area (Å²) in [6, 6.07) is 9.60. The van der Waals surface area contributed by atoms with Crippen molar-refractivity contribution in [2.24, 2.45) is 0 Å². The highest BCUT2D eigenvalue weighted by molar-refractivity contribution is 5.65. The highest BCUT2D eigenvalue weighted by Crippen LogP contribution is 2.18. The minimum Gasteiger partial charge on any atom is -0.465 e. The molecule has 0 aliphatic carbocycles. The quantitative estimate of drug-likeness (QED) is 0.637. The van der Waals surface area contributed by atoms with Crippen molar-refractivity contribution in [2.75, 3.05) is 13.6 Å². The van der Waals surface area contributed by atoms with Crippen LogP contribution in [0.1, 0.15) is 30.9 Å². The number of unbranched alkanes of at least 4 members (excludes halogenated alkanes) is 1. The number of amides is 1. The Kier molecular flexibility index (Phi) is 6.10. The monoisotopic (exact) mass is 236 g/mol. The fourth-order valence-corrected chi connectivity index (χ4v) is 1.81. The number of carbonyl (C=O) groups is 1. The van der Waals surface area contributed by atoms with Gasteiger partial charge in [-0.05, 0) is 38.4 Å². The molecular weight excluding hydrogens is 216 g/mol. The van der Waals surface area contributed by atoms with E-state index < -0.39 is 6.09 Å². The molecule has 4 heteroatoms. The third-order valence-electron chi connectivity index (χ3n) is 2.67. The molecule has 1 aromatic rings. The van der Waals surface area contributed by atoms with Crippen molar-refractivity contribution in [3.05, 3.63) is 35.9 Å². The lowest BCUT2D eigenvalue weighted by Gasteiger charge is -2.17. The minimum atomic E-state index is -0.965. The molecule has 3 N–H and O–H groups in total. The number of nitrogens with one attached hydrogen (secondary N) is 2. The molecule has 0 radical (unpaired) electrons. The normalized spacial score (nSPS) is 12.1. The van der Waals surface area contributed by atoms with Crippen LogP contribution in [0.15, 0.2) is 30.3 Å². The average Bonchev–Trinajstić information content (AvgIpc) is 2.34. The molecule has 1 aromatic carbocycles. The molecule has 0 aliphatic heterocycles. The van der Waals surface area contributed by atoms with Crippen molar-refractivity contribution in [3.63, 3.8) is 0 Å². The fourth-order valence-electron chi connectivity index (χ4n) is 1.81. The summed E-state index contributed by atoms with van der Waals surface area (Å²) in [5.41, 5.74) is 1.03. The van der Waals surface area contributed by atoms with E-state index in [2.05, 4.69) is 10.6 Å². The van der Waals surface area contributed by atoms with Gasteiger partial charge < -0.3 is 15.7 Å². The lowest BCUT2D eigenvalue weighted by Crippen LogP contribution is -2.26. The van der Waals surface area contributed by atoms with Gasteiger partial charge >= 0.3 is 6.09 Å². The molecule has 94 valence electrons. The number of carboxylic acid groups (broad SMARTS) is 1. The molecule has 17 heavy (non-hydrogen) atoms. The van der Waals surface area contributed by atoms with Crippen LogP contribution in [0.25, 0.3) is 0 Å². The summed E-state index contributed by atoms with van der Waals surface area (Å²) >= 11 is 0. The lowest BCUT2D eigenvalue weighted by atomic mass is 10.0. The second-order valence-corrected chi connectivity index (χ2v) is 4.01. The number of hydrogen-bond donors (Lipinski definition) is 3. The van der Waals surface area contributed by atoms with E-state index in [-0.39, 0.29) is 6.04 Å². The maximum Gasteiger partial charge on any atom is 0.405 e. The van der Waals surface area contributed by atoms with E-state index in [0.29, 0.717) is 0 Å². The van der Waals surface area contributed by atoms with Gasteiger partial charge in [-0.1, -0.05) is 30.3 Å². The summed E-state index contributed by atoms with van der Waals surface area (Å²) in [6.07, 6.45) is 1.92. The van der Waals surface area contributed by atoms with E-state index in [0.717, 1.165) is 31.4 Å². The third-order valence-corrected chi connectivity index (χ3v) is 2.67. The topological polar surface area (TPSA) is 61.4 Å². The largest absolute Gasteiger partial charge is 0.465 e. The standard InChI is InChI=1S/C13H20N2O2/c1-14-10-6-5-9-12(15-13(16)17)11-7-3-2-4-8-11/h2-4,7-8,12,14-15H,5-6,9-10H2,1H3,(H,16,17). The predicted octanol–water partition coefficient (Wildman–Crippen LogP) is 2.39. The Labute approximate surface area is 102 Å². The maximum atomic E-state index is 10.7. The SMILES string of the molecule is CNCCCCC(NC(=O)O)c1ccccc1. The van der Waals surface area contributed by atoms with Gasteiger partial charge in [0.2, 0.25) is 0 Å². The van der Waals surface area contributed by atoms with Gasteiger partial charge in [0.05, 0.1) is 6.04 Å². The van der Waals surface area contributed by atoms with Gasteiger partial charge in [0, 0.05) is 0 Å². The van der Waals surface area contributed by atoms with Gasteiger partial charge in [-0.3, -0.25) is 0 Å². The van der Waals surface area contributed by atoms with Gasteiger partial charge in [0.15, 0.2) is 0 Å². The average molecular weight is 236 g/mol. The van der Waals surface area contributed by atoms with Crippen molar-refractivity contribution in [3.8, 4) is 0 Å². The maximum absolute atomic E-state index is 10.7. The second kappa shape index (κ2) is 7.68. The molecule has 0 bridgehead atoms. The lowest BCUT2D eigenvalue weighted by molar-refractivity contribution is 0.189. The Morgan fingerprint density at radius 3 is 2.59 bits per heavy atom. The summed E-state index contributed by atoms with van der Waals surface area (Å²) in [5, 5.41) is 14.5. The van der Waals surface area contributed by atoms with Crippen LogP contribution in [0.3, 0.4) is 0 Å². The minimum absolute atomic E-state index is 0.106. The zero-order valence-corrected chi connectivity index (χ0v) is 10.1. The summed E-state index contributed by atoms with van der Waals surface area (Å²) < 4.78 is 0. The Hall–Kier alpha value is -1.55. The molecule has 0 saturated heterocycles. The van der Waals surface area contributed by atoms with Gasteiger partial charge in [-0.15, -0.1) is 0 Å². The zero-order chi connectivity index (χ0) is 12.5. The van der Waals surface area contributed by atoms with Crippen molar-refractivity contribution in [1.82, 2.24) is 10.6 Å². The van der Waals surface area contributed by atoms with Crippen LogP contribution in [0.5, 0.6) is 0 Å². The smallest absolute Gasteiger partial charge is 0.405 e. The summed E-state index contributed by atoms with van der Waals surface area (Å²) in [7, 11) is 1.92. The van der Waals surface area contributed by atoms with Crippen molar-refractivity contribution >= 4 is 6.09 Å². The van der Waals surface area contributed by atoms with E-state index in [4.69, 9.17) is 5.11 Å². The Morgan fingerprint density at radius 1 is 1.29 bits per heavy atom. The van der Waals surface area contributed by atoms with Crippen LogP contribution < -0.4 is 10.6 Å². The molecule has 1 unspecified atom stereocenters. The number of benzene rings is 1.